The second kappa shape index (κ2) is 5.95. The molecular formula is C15H17FN2O3. The number of nitrogens with zero attached hydrogens (tertiary/aromatic N) is 2. The van der Waals surface area contributed by atoms with Gasteiger partial charge in [0.05, 0.1) is 26.0 Å². The number of ketones is 1. The fourth-order valence-corrected chi connectivity index (χ4v) is 2.04. The van der Waals surface area contributed by atoms with E-state index in [2.05, 4.69) is 5.10 Å². The lowest BCUT2D eigenvalue weighted by molar-refractivity contribution is 0.102. The summed E-state index contributed by atoms with van der Waals surface area (Å²) in [4.78, 5) is 12.6. The van der Waals surface area contributed by atoms with E-state index in [-0.39, 0.29) is 17.3 Å². The highest BCUT2D eigenvalue weighted by molar-refractivity contribution is 6.09. The average Bonchev–Trinajstić information content (AvgIpc) is 2.90. The largest absolute Gasteiger partial charge is 0.497 e. The number of rotatable bonds is 5. The molecule has 1 aromatic carbocycles. The van der Waals surface area contributed by atoms with Crippen molar-refractivity contribution in [2.75, 3.05) is 14.2 Å². The van der Waals surface area contributed by atoms with Gasteiger partial charge in [-0.2, -0.15) is 5.10 Å². The maximum absolute atomic E-state index is 14.1. The van der Waals surface area contributed by atoms with Crippen LogP contribution in [0.5, 0.6) is 11.5 Å². The molecular weight excluding hydrogens is 275 g/mol. The molecule has 0 atom stereocenters. The maximum atomic E-state index is 14.1. The number of ether oxygens (including phenoxy) is 2. The molecule has 21 heavy (non-hydrogen) atoms. The predicted octanol–water partition coefficient (Wildman–Crippen LogP) is 2.85. The molecule has 0 unspecified atom stereocenters. The normalized spacial score (nSPS) is 10.8. The molecule has 1 heterocycles. The Kier molecular flexibility index (Phi) is 4.26. The molecule has 112 valence electrons. The standard InChI is InChI=1S/C15H17FN2O3/c1-9(2)18-14(13(21-4)8-17-18)15(19)11-6-5-10(20-3)7-12(11)16/h5-9H,1-4H3. The van der Waals surface area contributed by atoms with Crippen molar-refractivity contribution in [1.82, 2.24) is 9.78 Å². The van der Waals surface area contributed by atoms with E-state index < -0.39 is 11.6 Å². The Morgan fingerprint density at radius 2 is 2.00 bits per heavy atom. The molecule has 2 aromatic rings. The average molecular weight is 292 g/mol. The smallest absolute Gasteiger partial charge is 0.217 e. The first kappa shape index (κ1) is 15.0. The Morgan fingerprint density at radius 1 is 1.29 bits per heavy atom. The first-order chi connectivity index (χ1) is 9.99. The minimum Gasteiger partial charge on any atom is -0.497 e. The lowest BCUT2D eigenvalue weighted by Crippen LogP contribution is -2.15. The van der Waals surface area contributed by atoms with Crippen molar-refractivity contribution >= 4 is 5.78 Å². The Bertz CT molecular complexity index is 665. The van der Waals surface area contributed by atoms with Gasteiger partial charge in [-0.05, 0) is 26.0 Å². The van der Waals surface area contributed by atoms with Crippen molar-refractivity contribution in [2.24, 2.45) is 0 Å². The van der Waals surface area contributed by atoms with Gasteiger partial charge in [0.1, 0.15) is 11.6 Å². The topological polar surface area (TPSA) is 53.4 Å². The summed E-state index contributed by atoms with van der Waals surface area (Å²) in [5.41, 5.74) is 0.188. The van der Waals surface area contributed by atoms with Crippen LogP contribution in [0, 0.1) is 5.82 Å². The van der Waals surface area contributed by atoms with Gasteiger partial charge in [0, 0.05) is 12.1 Å². The van der Waals surface area contributed by atoms with Gasteiger partial charge in [0.15, 0.2) is 11.4 Å². The van der Waals surface area contributed by atoms with Gasteiger partial charge in [-0.3, -0.25) is 9.48 Å². The monoisotopic (exact) mass is 292 g/mol. The highest BCUT2D eigenvalue weighted by atomic mass is 19.1. The zero-order valence-electron chi connectivity index (χ0n) is 12.4. The van der Waals surface area contributed by atoms with Crippen LogP contribution in [0.2, 0.25) is 0 Å². The Morgan fingerprint density at radius 3 is 2.52 bits per heavy atom. The van der Waals surface area contributed by atoms with Crippen molar-refractivity contribution in [3.05, 3.63) is 41.5 Å². The lowest BCUT2D eigenvalue weighted by Gasteiger charge is -2.12. The number of hydrogen-bond donors (Lipinski definition) is 0. The van der Waals surface area contributed by atoms with Gasteiger partial charge in [-0.15, -0.1) is 0 Å². The number of carbonyl (C=O) groups excluding carboxylic acids is 1. The molecule has 0 amide bonds. The van der Waals surface area contributed by atoms with E-state index in [1.165, 1.54) is 37.2 Å². The van der Waals surface area contributed by atoms with Crippen LogP contribution in [0.25, 0.3) is 0 Å². The van der Waals surface area contributed by atoms with E-state index in [0.717, 1.165) is 0 Å². The molecule has 0 saturated heterocycles. The number of benzene rings is 1. The Labute approximate surface area is 122 Å². The van der Waals surface area contributed by atoms with E-state index in [4.69, 9.17) is 9.47 Å². The number of carbonyl (C=O) groups is 1. The highest BCUT2D eigenvalue weighted by Gasteiger charge is 2.24. The molecule has 0 N–H and O–H groups in total. The molecule has 5 nitrogen and oxygen atoms in total. The van der Waals surface area contributed by atoms with Crippen molar-refractivity contribution in [3.8, 4) is 11.5 Å². The van der Waals surface area contributed by atoms with Gasteiger partial charge < -0.3 is 9.47 Å². The van der Waals surface area contributed by atoms with Crippen LogP contribution in [0.1, 0.15) is 35.9 Å². The fraction of sp³-hybridized carbons (Fsp3) is 0.333. The van der Waals surface area contributed by atoms with E-state index in [9.17, 15) is 9.18 Å². The number of aromatic nitrogens is 2. The number of methoxy groups -OCH3 is 2. The summed E-state index contributed by atoms with van der Waals surface area (Å²) in [6.45, 7) is 3.77. The van der Waals surface area contributed by atoms with Crippen molar-refractivity contribution < 1.29 is 18.7 Å². The summed E-state index contributed by atoms with van der Waals surface area (Å²) >= 11 is 0. The first-order valence-corrected chi connectivity index (χ1v) is 6.49. The summed E-state index contributed by atoms with van der Waals surface area (Å²) < 4.78 is 25.7. The zero-order chi connectivity index (χ0) is 15.6. The van der Waals surface area contributed by atoms with Crippen molar-refractivity contribution in [3.63, 3.8) is 0 Å². The van der Waals surface area contributed by atoms with Gasteiger partial charge in [0.25, 0.3) is 0 Å². The van der Waals surface area contributed by atoms with Crippen LogP contribution in [0.4, 0.5) is 4.39 Å². The zero-order valence-corrected chi connectivity index (χ0v) is 12.4. The molecule has 2 rings (SSSR count). The Hall–Kier alpha value is -2.37. The van der Waals surface area contributed by atoms with E-state index >= 15 is 0 Å². The second-order valence-electron chi connectivity index (χ2n) is 4.77. The summed E-state index contributed by atoms with van der Waals surface area (Å²) in [5, 5.41) is 4.12. The van der Waals surface area contributed by atoms with Crippen LogP contribution < -0.4 is 9.47 Å². The third-order valence-electron chi connectivity index (χ3n) is 3.11. The molecule has 0 aliphatic carbocycles. The summed E-state index contributed by atoms with van der Waals surface area (Å²) in [6.07, 6.45) is 1.45. The molecule has 0 aliphatic rings. The third kappa shape index (κ3) is 2.74. The van der Waals surface area contributed by atoms with Crippen LogP contribution in [-0.4, -0.2) is 29.8 Å². The molecule has 0 aliphatic heterocycles. The number of hydrogen-bond acceptors (Lipinski definition) is 4. The van der Waals surface area contributed by atoms with E-state index in [1.807, 2.05) is 13.8 Å². The van der Waals surface area contributed by atoms with Gasteiger partial charge in [-0.25, -0.2) is 4.39 Å². The molecule has 1 aromatic heterocycles. The van der Waals surface area contributed by atoms with Crippen LogP contribution in [0.3, 0.4) is 0 Å². The Balaban J connectivity index is 2.52. The van der Waals surface area contributed by atoms with Crippen molar-refractivity contribution in [2.45, 2.75) is 19.9 Å². The van der Waals surface area contributed by atoms with Crippen LogP contribution in [-0.2, 0) is 0 Å². The summed E-state index contributed by atoms with van der Waals surface area (Å²) in [5.74, 6) is -0.437. The van der Waals surface area contributed by atoms with Gasteiger partial charge >= 0.3 is 0 Å². The first-order valence-electron chi connectivity index (χ1n) is 6.49. The molecule has 6 heteroatoms. The summed E-state index contributed by atoms with van der Waals surface area (Å²) in [7, 11) is 2.88. The maximum Gasteiger partial charge on any atom is 0.217 e. The van der Waals surface area contributed by atoms with Gasteiger partial charge in [0.2, 0.25) is 5.78 Å². The third-order valence-corrected chi connectivity index (χ3v) is 3.11. The summed E-state index contributed by atoms with van der Waals surface area (Å²) in [6, 6.07) is 4.07. The van der Waals surface area contributed by atoms with Crippen LogP contribution in [0.15, 0.2) is 24.4 Å². The molecule has 0 bridgehead atoms. The van der Waals surface area contributed by atoms with Crippen molar-refractivity contribution in [1.29, 1.82) is 0 Å². The van der Waals surface area contributed by atoms with Gasteiger partial charge in [-0.1, -0.05) is 0 Å². The quantitative estimate of drug-likeness (QED) is 0.795. The van der Waals surface area contributed by atoms with E-state index in [0.29, 0.717) is 11.5 Å². The lowest BCUT2D eigenvalue weighted by atomic mass is 10.1. The molecule has 0 saturated carbocycles. The van der Waals surface area contributed by atoms with E-state index in [1.54, 1.807) is 6.07 Å². The SMILES string of the molecule is COc1ccc(C(=O)c2c(OC)cnn2C(C)C)c(F)c1. The molecule has 0 spiro atoms. The minimum atomic E-state index is -0.641. The minimum absolute atomic E-state index is 0.0449. The second-order valence-corrected chi connectivity index (χ2v) is 4.77. The van der Waals surface area contributed by atoms with Crippen LogP contribution >= 0.6 is 0 Å². The predicted molar refractivity (Wildman–Crippen MR) is 75.5 cm³/mol. The molecule has 0 radical (unpaired) electrons. The highest BCUT2D eigenvalue weighted by Crippen LogP contribution is 2.26. The number of halogens is 1. The fourth-order valence-electron chi connectivity index (χ4n) is 2.04. The molecule has 0 fully saturated rings.